The molecule has 1 fully saturated rings. The Kier molecular flexibility index (Phi) is 4.21. The minimum atomic E-state index is -0.920. The number of halogens is 1. The number of amides is 1. The molecule has 1 heterocycles. The molecule has 0 saturated carbocycles. The summed E-state index contributed by atoms with van der Waals surface area (Å²) in [5.74, 6) is -0.960. The number of rotatable bonds is 4. The van der Waals surface area contributed by atoms with Gasteiger partial charge in [0.2, 0.25) is 5.91 Å². The molecule has 1 atom stereocenters. The maximum Gasteiger partial charge on any atom is 0.317 e. The van der Waals surface area contributed by atoms with Crippen LogP contribution in [0, 0.1) is 0 Å². The van der Waals surface area contributed by atoms with Crippen LogP contribution in [0.25, 0.3) is 0 Å². The van der Waals surface area contributed by atoms with E-state index in [1.807, 2.05) is 24.3 Å². The summed E-state index contributed by atoms with van der Waals surface area (Å²) in [4.78, 5) is 26.3. The van der Waals surface area contributed by atoms with Gasteiger partial charge in [-0.25, -0.2) is 0 Å². The molecule has 1 aromatic carbocycles. The molecule has 0 spiro atoms. The molecule has 1 amide bonds. The zero-order valence-electron chi connectivity index (χ0n) is 10.5. The molecule has 0 aromatic heterocycles. The molecule has 2 rings (SSSR count). The van der Waals surface area contributed by atoms with Gasteiger partial charge >= 0.3 is 5.97 Å². The van der Waals surface area contributed by atoms with E-state index in [0.29, 0.717) is 13.0 Å². The minimum Gasteiger partial charge on any atom is -0.480 e. The number of hydrogen-bond acceptors (Lipinski definition) is 3. The molecule has 1 aliphatic rings. The van der Waals surface area contributed by atoms with Gasteiger partial charge in [-0.2, -0.15) is 0 Å². The molecule has 0 aliphatic carbocycles. The molecule has 1 saturated heterocycles. The van der Waals surface area contributed by atoms with E-state index in [9.17, 15) is 9.59 Å². The van der Waals surface area contributed by atoms with Crippen molar-refractivity contribution in [2.75, 3.05) is 25.0 Å². The zero-order valence-corrected chi connectivity index (χ0v) is 12.1. The van der Waals surface area contributed by atoms with Gasteiger partial charge in [-0.15, -0.1) is 0 Å². The highest BCUT2D eigenvalue weighted by Crippen LogP contribution is 2.26. The normalized spacial score (nSPS) is 19.2. The molecule has 102 valence electrons. The summed E-state index contributed by atoms with van der Waals surface area (Å²) >= 11 is 3.38. The molecular weight excluding hydrogens is 312 g/mol. The van der Waals surface area contributed by atoms with Crippen LogP contribution in [0.2, 0.25) is 0 Å². The fraction of sp³-hybridized carbons (Fsp3) is 0.385. The van der Waals surface area contributed by atoms with Crippen molar-refractivity contribution >= 4 is 33.5 Å². The molecule has 1 aliphatic heterocycles. The van der Waals surface area contributed by atoms with Crippen molar-refractivity contribution in [2.24, 2.45) is 0 Å². The van der Waals surface area contributed by atoms with E-state index in [-0.39, 0.29) is 18.5 Å². The Morgan fingerprint density at radius 1 is 1.58 bits per heavy atom. The summed E-state index contributed by atoms with van der Waals surface area (Å²) in [5.41, 5.74) is 0.839. The lowest BCUT2D eigenvalue weighted by Gasteiger charge is -2.22. The average molecular weight is 327 g/mol. The van der Waals surface area contributed by atoms with E-state index >= 15 is 0 Å². The molecular formula is C13H15BrN2O3. The lowest BCUT2D eigenvalue weighted by molar-refractivity contribution is -0.138. The lowest BCUT2D eigenvalue weighted by Crippen LogP contribution is -2.42. The SMILES string of the molecule is CN(CC(=O)O)C1CCN(c2cccc(Br)c2)C1=O. The van der Waals surface area contributed by atoms with Gasteiger partial charge in [0.15, 0.2) is 0 Å². The molecule has 1 N–H and O–H groups in total. The second-order valence-electron chi connectivity index (χ2n) is 4.58. The van der Waals surface area contributed by atoms with Crippen LogP contribution >= 0.6 is 15.9 Å². The summed E-state index contributed by atoms with van der Waals surface area (Å²) in [6.45, 7) is 0.493. The van der Waals surface area contributed by atoms with E-state index in [0.717, 1.165) is 10.2 Å². The van der Waals surface area contributed by atoms with Gasteiger partial charge in [0, 0.05) is 16.7 Å². The number of carbonyl (C=O) groups is 2. The van der Waals surface area contributed by atoms with Crippen molar-refractivity contribution in [1.29, 1.82) is 0 Å². The van der Waals surface area contributed by atoms with Crippen molar-refractivity contribution < 1.29 is 14.7 Å². The largest absolute Gasteiger partial charge is 0.480 e. The summed E-state index contributed by atoms with van der Waals surface area (Å²) < 4.78 is 0.917. The van der Waals surface area contributed by atoms with Gasteiger partial charge in [-0.05, 0) is 31.7 Å². The molecule has 5 nitrogen and oxygen atoms in total. The maximum atomic E-state index is 12.3. The van der Waals surface area contributed by atoms with Gasteiger partial charge in [-0.3, -0.25) is 14.5 Å². The van der Waals surface area contributed by atoms with Crippen molar-refractivity contribution in [3.63, 3.8) is 0 Å². The molecule has 19 heavy (non-hydrogen) atoms. The van der Waals surface area contributed by atoms with Gasteiger partial charge in [0.25, 0.3) is 0 Å². The van der Waals surface area contributed by atoms with E-state index < -0.39 is 5.97 Å². The number of carbonyl (C=O) groups excluding carboxylic acids is 1. The number of carboxylic acid groups (broad SMARTS) is 1. The van der Waals surface area contributed by atoms with Crippen LogP contribution < -0.4 is 4.90 Å². The monoisotopic (exact) mass is 326 g/mol. The lowest BCUT2D eigenvalue weighted by atomic mass is 10.2. The first kappa shape index (κ1) is 14.0. The molecule has 6 heteroatoms. The van der Waals surface area contributed by atoms with Gasteiger partial charge in [0.1, 0.15) is 0 Å². The van der Waals surface area contributed by atoms with Crippen LogP contribution in [-0.2, 0) is 9.59 Å². The van der Waals surface area contributed by atoms with Crippen LogP contribution in [0.4, 0.5) is 5.69 Å². The third-order valence-electron chi connectivity index (χ3n) is 3.21. The highest BCUT2D eigenvalue weighted by molar-refractivity contribution is 9.10. The predicted molar refractivity (Wildman–Crippen MR) is 75.2 cm³/mol. The third-order valence-corrected chi connectivity index (χ3v) is 3.71. The fourth-order valence-electron chi connectivity index (χ4n) is 2.30. The highest BCUT2D eigenvalue weighted by atomic mass is 79.9. The second kappa shape index (κ2) is 5.71. The first-order valence-corrected chi connectivity index (χ1v) is 6.77. The van der Waals surface area contributed by atoms with Crippen molar-refractivity contribution in [2.45, 2.75) is 12.5 Å². The van der Waals surface area contributed by atoms with Crippen LogP contribution in [0.1, 0.15) is 6.42 Å². The number of likely N-dealkylation sites (N-methyl/N-ethyl adjacent to an activating group) is 1. The quantitative estimate of drug-likeness (QED) is 0.912. The third kappa shape index (κ3) is 3.13. The van der Waals surface area contributed by atoms with Gasteiger partial charge in [0.05, 0.1) is 12.6 Å². The van der Waals surface area contributed by atoms with Gasteiger partial charge in [-0.1, -0.05) is 22.0 Å². The van der Waals surface area contributed by atoms with Crippen molar-refractivity contribution in [3.05, 3.63) is 28.7 Å². The molecule has 0 radical (unpaired) electrons. The number of hydrogen-bond donors (Lipinski definition) is 1. The number of nitrogens with zero attached hydrogens (tertiary/aromatic N) is 2. The summed E-state index contributed by atoms with van der Waals surface area (Å²) in [7, 11) is 1.67. The van der Waals surface area contributed by atoms with Gasteiger partial charge < -0.3 is 10.0 Å². The Labute approximate surface area is 119 Å². The smallest absolute Gasteiger partial charge is 0.317 e. The Balaban J connectivity index is 2.11. The van der Waals surface area contributed by atoms with Crippen molar-refractivity contribution in [3.8, 4) is 0 Å². The molecule has 1 unspecified atom stereocenters. The Morgan fingerprint density at radius 2 is 2.32 bits per heavy atom. The Bertz CT molecular complexity index is 506. The first-order valence-electron chi connectivity index (χ1n) is 5.98. The van der Waals surface area contributed by atoms with Crippen LogP contribution in [0.5, 0.6) is 0 Å². The second-order valence-corrected chi connectivity index (χ2v) is 5.50. The van der Waals surface area contributed by atoms with Crippen molar-refractivity contribution in [1.82, 2.24) is 4.90 Å². The van der Waals surface area contributed by atoms with E-state index in [1.165, 1.54) is 0 Å². The number of anilines is 1. The molecule has 1 aromatic rings. The fourth-order valence-corrected chi connectivity index (χ4v) is 2.68. The van der Waals surface area contributed by atoms with Crippen LogP contribution in [-0.4, -0.2) is 48.1 Å². The summed E-state index contributed by atoms with van der Waals surface area (Å²) in [6.07, 6.45) is 0.648. The Hall–Kier alpha value is -1.40. The van der Waals surface area contributed by atoms with Crippen LogP contribution in [0.15, 0.2) is 28.7 Å². The summed E-state index contributed by atoms with van der Waals surface area (Å²) in [6, 6.07) is 7.19. The number of benzene rings is 1. The molecule has 0 bridgehead atoms. The topological polar surface area (TPSA) is 60.9 Å². The summed E-state index contributed by atoms with van der Waals surface area (Å²) in [5, 5.41) is 8.78. The Morgan fingerprint density at radius 3 is 2.95 bits per heavy atom. The predicted octanol–water partition coefficient (Wildman–Crippen LogP) is 1.57. The van der Waals surface area contributed by atoms with E-state index in [2.05, 4.69) is 15.9 Å². The zero-order chi connectivity index (χ0) is 14.0. The van der Waals surface area contributed by atoms with E-state index in [1.54, 1.807) is 16.8 Å². The number of aliphatic carboxylic acids is 1. The number of carboxylic acids is 1. The van der Waals surface area contributed by atoms with E-state index in [4.69, 9.17) is 5.11 Å². The van der Waals surface area contributed by atoms with Crippen LogP contribution in [0.3, 0.4) is 0 Å². The average Bonchev–Trinajstić information content (AvgIpc) is 2.70. The highest BCUT2D eigenvalue weighted by Gasteiger charge is 2.35. The maximum absolute atomic E-state index is 12.3. The first-order chi connectivity index (χ1) is 8.99. The standard InChI is InChI=1S/C13H15BrN2O3/c1-15(8-12(17)18)11-5-6-16(13(11)19)10-4-2-3-9(14)7-10/h2-4,7,11H,5-6,8H2,1H3,(H,17,18). The minimum absolute atomic E-state index is 0.0400.